The van der Waals surface area contributed by atoms with Gasteiger partial charge in [-0.05, 0) is 32.0 Å². The lowest BCUT2D eigenvalue weighted by Crippen LogP contribution is -2.34. The largest absolute Gasteiger partial charge is 0.310 e. The van der Waals surface area contributed by atoms with E-state index in [1.54, 1.807) is 25.2 Å². The fourth-order valence-corrected chi connectivity index (χ4v) is 1.33. The first-order chi connectivity index (χ1) is 6.65. The highest BCUT2D eigenvalue weighted by Gasteiger charge is 2.13. The summed E-state index contributed by atoms with van der Waals surface area (Å²) < 4.78 is 13.2. The van der Waals surface area contributed by atoms with Crippen LogP contribution in [0.4, 0.5) is 4.39 Å². The zero-order chi connectivity index (χ0) is 10.6. The normalized spacial score (nSPS) is 12.5. The topological polar surface area (TPSA) is 29.1 Å². The van der Waals surface area contributed by atoms with Crippen LogP contribution in [0.25, 0.3) is 0 Å². The van der Waals surface area contributed by atoms with Crippen molar-refractivity contribution < 1.29 is 9.18 Å². The van der Waals surface area contributed by atoms with Crippen molar-refractivity contribution in [3.8, 4) is 0 Å². The minimum Gasteiger partial charge on any atom is -0.310 e. The molecule has 0 saturated heterocycles. The van der Waals surface area contributed by atoms with E-state index in [9.17, 15) is 9.18 Å². The Kier molecular flexibility index (Phi) is 3.77. The molecule has 3 heteroatoms. The molecular weight excluding hydrogens is 181 g/mol. The molecule has 2 nitrogen and oxygen atoms in total. The average molecular weight is 195 g/mol. The molecule has 1 N–H and O–H groups in total. The van der Waals surface area contributed by atoms with Gasteiger partial charge in [-0.25, -0.2) is 4.39 Å². The quantitative estimate of drug-likeness (QED) is 0.789. The Balaban J connectivity index is 2.77. The first-order valence-corrected chi connectivity index (χ1v) is 4.56. The van der Waals surface area contributed by atoms with Crippen molar-refractivity contribution in [3.05, 3.63) is 35.6 Å². The van der Waals surface area contributed by atoms with Gasteiger partial charge in [-0.15, -0.1) is 0 Å². The third-order valence-corrected chi connectivity index (χ3v) is 2.22. The number of carbonyl (C=O) groups excluding carboxylic acids is 1. The van der Waals surface area contributed by atoms with Crippen molar-refractivity contribution in [2.45, 2.75) is 19.4 Å². The average Bonchev–Trinajstić information content (AvgIpc) is 2.16. The Morgan fingerprint density at radius 1 is 1.50 bits per heavy atom. The summed E-state index contributed by atoms with van der Waals surface area (Å²) in [5.74, 6) is -0.232. The molecule has 0 amide bonds. The van der Waals surface area contributed by atoms with Crippen LogP contribution in [0.1, 0.15) is 12.5 Å². The Labute approximate surface area is 83.1 Å². The lowest BCUT2D eigenvalue weighted by atomic mass is 10.0. The summed E-state index contributed by atoms with van der Waals surface area (Å²) >= 11 is 0. The molecule has 0 radical (unpaired) electrons. The zero-order valence-electron chi connectivity index (χ0n) is 8.38. The van der Waals surface area contributed by atoms with Crippen LogP contribution in [0.5, 0.6) is 0 Å². The standard InChI is InChI=1S/C11H14FNO/c1-8(14)11(13-2)7-9-5-3-4-6-10(9)12/h3-6,11,13H,7H2,1-2H3/t11-/m0/s1. The van der Waals surface area contributed by atoms with E-state index in [0.717, 1.165) is 0 Å². The molecule has 0 aliphatic heterocycles. The summed E-state index contributed by atoms with van der Waals surface area (Å²) in [5.41, 5.74) is 0.571. The fraction of sp³-hybridized carbons (Fsp3) is 0.364. The highest BCUT2D eigenvalue weighted by atomic mass is 19.1. The van der Waals surface area contributed by atoms with Crippen molar-refractivity contribution in [2.24, 2.45) is 0 Å². The number of likely N-dealkylation sites (N-methyl/N-ethyl adjacent to an activating group) is 1. The summed E-state index contributed by atoms with van der Waals surface area (Å²) in [4.78, 5) is 11.1. The molecule has 0 spiro atoms. The number of hydrogen-bond acceptors (Lipinski definition) is 2. The molecule has 0 unspecified atom stereocenters. The van der Waals surface area contributed by atoms with E-state index in [1.807, 2.05) is 0 Å². The van der Waals surface area contributed by atoms with Gasteiger partial charge in [0, 0.05) is 0 Å². The number of hydrogen-bond donors (Lipinski definition) is 1. The van der Waals surface area contributed by atoms with Crippen molar-refractivity contribution in [2.75, 3.05) is 7.05 Å². The number of nitrogens with one attached hydrogen (secondary N) is 1. The maximum absolute atomic E-state index is 13.2. The Morgan fingerprint density at radius 3 is 2.64 bits per heavy atom. The van der Waals surface area contributed by atoms with Gasteiger partial charge in [-0.1, -0.05) is 18.2 Å². The third-order valence-electron chi connectivity index (χ3n) is 2.22. The molecule has 0 bridgehead atoms. The second-order valence-electron chi connectivity index (χ2n) is 3.25. The number of halogens is 1. The van der Waals surface area contributed by atoms with E-state index in [0.29, 0.717) is 12.0 Å². The minimum absolute atomic E-state index is 0.0238. The van der Waals surface area contributed by atoms with Gasteiger partial charge in [0.15, 0.2) is 0 Å². The summed E-state index contributed by atoms with van der Waals surface area (Å²) in [6, 6.07) is 6.21. The molecule has 1 rings (SSSR count). The van der Waals surface area contributed by atoms with Gasteiger partial charge in [0.25, 0.3) is 0 Å². The molecule has 0 aliphatic carbocycles. The zero-order valence-corrected chi connectivity index (χ0v) is 8.38. The van der Waals surface area contributed by atoms with Crippen molar-refractivity contribution >= 4 is 5.78 Å². The lowest BCUT2D eigenvalue weighted by molar-refractivity contribution is -0.118. The van der Waals surface area contributed by atoms with E-state index < -0.39 is 0 Å². The number of benzene rings is 1. The molecule has 1 aromatic carbocycles. The molecule has 14 heavy (non-hydrogen) atoms. The monoisotopic (exact) mass is 195 g/mol. The summed E-state index contributed by atoms with van der Waals surface area (Å²) in [7, 11) is 1.70. The van der Waals surface area contributed by atoms with E-state index in [2.05, 4.69) is 5.32 Å². The van der Waals surface area contributed by atoms with Gasteiger partial charge < -0.3 is 5.32 Å². The second-order valence-corrected chi connectivity index (χ2v) is 3.25. The first kappa shape index (κ1) is 10.9. The number of rotatable bonds is 4. The van der Waals surface area contributed by atoms with Gasteiger partial charge in [0.05, 0.1) is 6.04 Å². The Bertz CT molecular complexity index is 325. The highest BCUT2D eigenvalue weighted by Crippen LogP contribution is 2.09. The van der Waals surface area contributed by atoms with E-state index in [4.69, 9.17) is 0 Å². The smallest absolute Gasteiger partial charge is 0.147 e. The van der Waals surface area contributed by atoms with E-state index in [1.165, 1.54) is 13.0 Å². The summed E-state index contributed by atoms with van der Waals surface area (Å²) in [6.07, 6.45) is 0.401. The Hall–Kier alpha value is -1.22. The minimum atomic E-state index is -0.299. The van der Waals surface area contributed by atoms with Crippen LogP contribution in [-0.2, 0) is 11.2 Å². The summed E-state index contributed by atoms with van der Waals surface area (Å²) in [5, 5.41) is 2.86. The van der Waals surface area contributed by atoms with Crippen LogP contribution >= 0.6 is 0 Å². The fourth-order valence-electron chi connectivity index (χ4n) is 1.33. The van der Waals surface area contributed by atoms with Gasteiger partial charge in [-0.3, -0.25) is 4.79 Å². The molecule has 0 heterocycles. The molecule has 1 atom stereocenters. The predicted octanol–water partition coefficient (Wildman–Crippen LogP) is 1.55. The number of ketones is 1. The molecular formula is C11H14FNO. The molecule has 0 saturated carbocycles. The Morgan fingerprint density at radius 2 is 2.14 bits per heavy atom. The van der Waals surface area contributed by atoms with Gasteiger partial charge in [-0.2, -0.15) is 0 Å². The van der Waals surface area contributed by atoms with Crippen LogP contribution in [-0.4, -0.2) is 18.9 Å². The van der Waals surface area contributed by atoms with Crippen LogP contribution < -0.4 is 5.32 Å². The van der Waals surface area contributed by atoms with Crippen molar-refractivity contribution in [1.29, 1.82) is 0 Å². The SMILES string of the molecule is CN[C@@H](Cc1ccccc1F)C(C)=O. The van der Waals surface area contributed by atoms with Crippen molar-refractivity contribution in [3.63, 3.8) is 0 Å². The molecule has 76 valence electrons. The lowest BCUT2D eigenvalue weighted by Gasteiger charge is -2.12. The molecule has 1 aromatic rings. The molecule has 0 aliphatic rings. The van der Waals surface area contributed by atoms with Gasteiger partial charge in [0.1, 0.15) is 11.6 Å². The maximum Gasteiger partial charge on any atom is 0.147 e. The van der Waals surface area contributed by atoms with E-state index in [-0.39, 0.29) is 17.6 Å². The van der Waals surface area contributed by atoms with Crippen molar-refractivity contribution in [1.82, 2.24) is 5.32 Å². The van der Waals surface area contributed by atoms with Crippen LogP contribution in [0, 0.1) is 5.82 Å². The first-order valence-electron chi connectivity index (χ1n) is 4.56. The van der Waals surface area contributed by atoms with Crippen LogP contribution in [0.15, 0.2) is 24.3 Å². The second kappa shape index (κ2) is 4.86. The highest BCUT2D eigenvalue weighted by molar-refractivity contribution is 5.81. The van der Waals surface area contributed by atoms with Gasteiger partial charge >= 0.3 is 0 Å². The van der Waals surface area contributed by atoms with Gasteiger partial charge in [0.2, 0.25) is 0 Å². The van der Waals surface area contributed by atoms with E-state index >= 15 is 0 Å². The third kappa shape index (κ3) is 2.64. The van der Waals surface area contributed by atoms with Crippen LogP contribution in [0.2, 0.25) is 0 Å². The number of carbonyl (C=O) groups is 1. The predicted molar refractivity (Wildman–Crippen MR) is 53.6 cm³/mol. The maximum atomic E-state index is 13.2. The summed E-state index contributed by atoms with van der Waals surface area (Å²) in [6.45, 7) is 1.50. The number of Topliss-reactive ketones (excluding diaryl/α,β-unsaturated/α-hetero) is 1. The molecule has 0 aromatic heterocycles. The molecule has 0 fully saturated rings. The van der Waals surface area contributed by atoms with Crippen LogP contribution in [0.3, 0.4) is 0 Å².